The third-order valence-electron chi connectivity index (χ3n) is 9.09. The molecule has 3 N–H and O–H groups in total. The number of hydrogen-bond donors (Lipinski definition) is 2. The number of nitrogen functional groups attached to an aromatic ring is 1. The van der Waals surface area contributed by atoms with E-state index in [0.29, 0.717) is 24.4 Å². The number of nitrogens with zero attached hydrogens (tertiary/aromatic N) is 1. The summed E-state index contributed by atoms with van der Waals surface area (Å²) in [6.07, 6.45) is 0.660. The van der Waals surface area contributed by atoms with E-state index in [2.05, 4.69) is 92.3 Å². The molecular formula is C39H47N3O3Si. The molecule has 0 saturated carbocycles. The highest BCUT2D eigenvalue weighted by Gasteiger charge is 2.40. The number of hydrogen-bond acceptors (Lipinski definition) is 5. The summed E-state index contributed by atoms with van der Waals surface area (Å²) in [5.74, 6) is 0.649. The molecule has 0 aliphatic carbocycles. The Morgan fingerprint density at radius 2 is 1.46 bits per heavy atom. The van der Waals surface area contributed by atoms with Gasteiger partial charge in [0, 0.05) is 36.8 Å². The van der Waals surface area contributed by atoms with Crippen LogP contribution in [0.4, 0.5) is 5.69 Å². The highest BCUT2D eigenvalue weighted by atomic mass is 28.4. The van der Waals surface area contributed by atoms with Gasteiger partial charge in [-0.15, -0.1) is 0 Å². The van der Waals surface area contributed by atoms with Gasteiger partial charge in [-0.05, 0) is 71.1 Å². The lowest BCUT2D eigenvalue weighted by atomic mass is 10.0. The van der Waals surface area contributed by atoms with E-state index in [9.17, 15) is 4.79 Å². The van der Waals surface area contributed by atoms with Crippen molar-refractivity contribution in [1.82, 2.24) is 9.88 Å². The van der Waals surface area contributed by atoms with E-state index in [0.717, 1.165) is 41.7 Å². The van der Waals surface area contributed by atoms with E-state index in [1.807, 2.05) is 54.6 Å². The number of anilines is 1. The second kappa shape index (κ2) is 14.5. The lowest BCUT2D eigenvalue weighted by molar-refractivity contribution is 0.117. The molecule has 1 aromatic heterocycles. The van der Waals surface area contributed by atoms with Crippen molar-refractivity contribution in [2.45, 2.75) is 64.6 Å². The fourth-order valence-electron chi connectivity index (χ4n) is 5.40. The predicted molar refractivity (Wildman–Crippen MR) is 193 cm³/mol. The van der Waals surface area contributed by atoms with Gasteiger partial charge in [-0.25, -0.2) is 0 Å². The Hall–Kier alpha value is -4.17. The highest BCUT2D eigenvalue weighted by Crippen LogP contribution is 2.42. The maximum Gasteiger partial charge on any atom is 0.248 e. The molecule has 5 aromatic rings. The molecule has 0 saturated heterocycles. The van der Waals surface area contributed by atoms with Crippen molar-refractivity contribution in [1.29, 1.82) is 0 Å². The first-order chi connectivity index (χ1) is 22.0. The third kappa shape index (κ3) is 8.54. The van der Waals surface area contributed by atoms with Gasteiger partial charge in [-0.2, -0.15) is 0 Å². The van der Waals surface area contributed by atoms with E-state index in [4.69, 9.17) is 14.9 Å². The second-order valence-electron chi connectivity index (χ2n) is 13.6. The van der Waals surface area contributed by atoms with Crippen molar-refractivity contribution in [3.63, 3.8) is 0 Å². The van der Waals surface area contributed by atoms with Crippen LogP contribution in [0.2, 0.25) is 18.1 Å². The van der Waals surface area contributed by atoms with Crippen LogP contribution in [0.5, 0.6) is 5.75 Å². The zero-order valence-electron chi connectivity index (χ0n) is 27.8. The number of benzene rings is 4. The summed E-state index contributed by atoms with van der Waals surface area (Å²) >= 11 is 0. The Bertz CT molecular complexity index is 1760. The molecule has 0 radical (unpaired) electrons. The van der Waals surface area contributed by atoms with Crippen LogP contribution in [0.1, 0.15) is 49.1 Å². The van der Waals surface area contributed by atoms with Gasteiger partial charge in [0.05, 0.1) is 11.6 Å². The molecule has 0 spiro atoms. The third-order valence-corrected chi connectivity index (χ3v) is 13.6. The molecule has 46 heavy (non-hydrogen) atoms. The minimum Gasteiger partial charge on any atom is -0.487 e. The van der Waals surface area contributed by atoms with E-state index in [-0.39, 0.29) is 16.7 Å². The molecule has 6 nitrogen and oxygen atoms in total. The molecular weight excluding hydrogens is 587 g/mol. The molecule has 0 amide bonds. The molecule has 4 aromatic carbocycles. The lowest BCUT2D eigenvalue weighted by Gasteiger charge is -2.41. The number of nitrogens with one attached hydrogen (secondary N) is 1. The number of H-pyrrole nitrogens is 1. The topological polar surface area (TPSA) is 80.6 Å². The van der Waals surface area contributed by atoms with Crippen molar-refractivity contribution in [2.24, 2.45) is 0 Å². The maximum absolute atomic E-state index is 12.6. The van der Waals surface area contributed by atoms with Gasteiger partial charge in [-0.3, -0.25) is 9.69 Å². The molecule has 1 atom stereocenters. The fourth-order valence-corrected chi connectivity index (χ4v) is 6.66. The summed E-state index contributed by atoms with van der Waals surface area (Å²) in [5, 5.41) is 0.953. The molecule has 7 heteroatoms. The summed E-state index contributed by atoms with van der Waals surface area (Å²) in [6.45, 7) is 14.2. The Morgan fingerprint density at radius 3 is 2.11 bits per heavy atom. The van der Waals surface area contributed by atoms with Crippen molar-refractivity contribution in [2.75, 3.05) is 18.8 Å². The summed E-state index contributed by atoms with van der Waals surface area (Å²) in [4.78, 5) is 18.2. The number of fused-ring (bicyclic) bond motifs is 1. The van der Waals surface area contributed by atoms with Gasteiger partial charge in [0.25, 0.3) is 0 Å². The minimum atomic E-state index is -2.22. The Balaban J connectivity index is 1.53. The lowest BCUT2D eigenvalue weighted by Crippen LogP contribution is -2.44. The van der Waals surface area contributed by atoms with Gasteiger partial charge in [0.2, 0.25) is 5.56 Å². The maximum atomic E-state index is 12.6. The Labute approximate surface area is 274 Å². The van der Waals surface area contributed by atoms with Crippen LogP contribution >= 0.6 is 0 Å². The summed E-state index contributed by atoms with van der Waals surface area (Å²) in [6, 6.07) is 36.4. The van der Waals surface area contributed by atoms with Gasteiger partial charge < -0.3 is 19.9 Å². The Morgan fingerprint density at radius 1 is 0.804 bits per heavy atom. The van der Waals surface area contributed by atoms with Gasteiger partial charge in [-0.1, -0.05) is 99.6 Å². The standard InChI is InChI=1S/C39H47N3O3Si/c1-39(2,3)46(4,5)45-36(27-42(26-30-12-8-6-9-13-30)25-24-29-16-18-32(40)19-17-29)33-20-22-35(38-34(33)21-23-37(43)41-38)44-28-31-14-10-7-11-15-31/h6-23,36H,24-28,40H2,1-5H3,(H,41,43)/t36-/m0/s1. The number of ether oxygens (including phenoxy) is 1. The van der Waals surface area contributed by atoms with Crippen LogP contribution in [0.25, 0.3) is 10.9 Å². The van der Waals surface area contributed by atoms with Crippen LogP contribution in [0.3, 0.4) is 0 Å². The van der Waals surface area contributed by atoms with Crippen LogP contribution < -0.4 is 16.0 Å². The fraction of sp³-hybridized carbons (Fsp3) is 0.308. The molecule has 0 unspecified atom stereocenters. The normalized spacial score (nSPS) is 12.8. The molecule has 0 aliphatic heterocycles. The largest absolute Gasteiger partial charge is 0.487 e. The number of nitrogens with two attached hydrogens (primary N) is 1. The van der Waals surface area contributed by atoms with Crippen molar-refractivity contribution in [3.8, 4) is 5.75 Å². The molecule has 240 valence electrons. The summed E-state index contributed by atoms with van der Waals surface area (Å²) < 4.78 is 13.6. The number of aromatic amines is 1. The van der Waals surface area contributed by atoms with Crippen LogP contribution in [-0.2, 0) is 24.0 Å². The van der Waals surface area contributed by atoms with Crippen molar-refractivity contribution < 1.29 is 9.16 Å². The van der Waals surface area contributed by atoms with E-state index in [1.165, 1.54) is 11.1 Å². The number of pyridine rings is 1. The molecule has 5 rings (SSSR count). The quantitative estimate of drug-likeness (QED) is 0.100. The molecule has 0 fully saturated rings. The first-order valence-corrected chi connectivity index (χ1v) is 19.0. The van der Waals surface area contributed by atoms with E-state index in [1.54, 1.807) is 6.07 Å². The summed E-state index contributed by atoms with van der Waals surface area (Å²) in [7, 11) is -2.22. The zero-order valence-corrected chi connectivity index (χ0v) is 28.8. The van der Waals surface area contributed by atoms with Crippen LogP contribution in [-0.4, -0.2) is 31.3 Å². The van der Waals surface area contributed by atoms with Gasteiger partial charge in [0.15, 0.2) is 8.32 Å². The average molecular weight is 634 g/mol. The number of aromatic nitrogens is 1. The molecule has 0 aliphatic rings. The zero-order chi connectivity index (χ0) is 32.7. The molecule has 0 bridgehead atoms. The minimum absolute atomic E-state index is 0.0162. The smallest absolute Gasteiger partial charge is 0.248 e. The molecule has 1 heterocycles. The summed E-state index contributed by atoms with van der Waals surface area (Å²) in [5.41, 5.74) is 11.9. The first-order valence-electron chi connectivity index (χ1n) is 16.1. The monoisotopic (exact) mass is 633 g/mol. The predicted octanol–water partition coefficient (Wildman–Crippen LogP) is 8.50. The average Bonchev–Trinajstić information content (AvgIpc) is 3.03. The number of rotatable bonds is 13. The SMILES string of the molecule is CC(C)(C)[Si](C)(C)O[C@@H](CN(CCc1ccc(N)cc1)Cc1ccccc1)c1ccc(OCc2ccccc2)c2[nH]c(=O)ccc12. The Kier molecular flexibility index (Phi) is 10.5. The van der Waals surface area contributed by atoms with Crippen molar-refractivity contribution >= 4 is 24.9 Å². The highest BCUT2D eigenvalue weighted by molar-refractivity contribution is 6.74. The van der Waals surface area contributed by atoms with E-state index < -0.39 is 8.32 Å². The van der Waals surface area contributed by atoms with Crippen molar-refractivity contribution in [3.05, 3.63) is 142 Å². The van der Waals surface area contributed by atoms with Crippen LogP contribution in [0, 0.1) is 0 Å². The van der Waals surface area contributed by atoms with Gasteiger partial charge >= 0.3 is 0 Å². The van der Waals surface area contributed by atoms with Gasteiger partial charge in [0.1, 0.15) is 12.4 Å². The van der Waals surface area contributed by atoms with Crippen LogP contribution in [0.15, 0.2) is 114 Å². The van der Waals surface area contributed by atoms with E-state index >= 15 is 0 Å². The second-order valence-corrected chi connectivity index (χ2v) is 18.4. The first kappa shape index (κ1) is 33.2.